The Morgan fingerprint density at radius 2 is 1.86 bits per heavy atom. The van der Waals surface area contributed by atoms with Crippen LogP contribution < -0.4 is 9.64 Å². The molecule has 0 bridgehead atoms. The van der Waals surface area contributed by atoms with E-state index >= 15 is 0 Å². The van der Waals surface area contributed by atoms with Gasteiger partial charge in [0.2, 0.25) is 0 Å². The molecule has 11 nitrogen and oxygen atoms in total. The van der Waals surface area contributed by atoms with Crippen LogP contribution in [0.3, 0.4) is 0 Å². The molecule has 0 N–H and O–H groups in total. The van der Waals surface area contributed by atoms with Gasteiger partial charge in [-0.25, -0.2) is 4.79 Å². The van der Waals surface area contributed by atoms with Gasteiger partial charge in [-0.2, -0.15) is 0 Å². The fourth-order valence-electron chi connectivity index (χ4n) is 5.57. The number of piperidine rings is 1. The fraction of sp³-hybridized carbons (Fsp3) is 0.677. The highest BCUT2D eigenvalue weighted by Gasteiger charge is 2.51. The highest BCUT2D eigenvalue weighted by molar-refractivity contribution is 6.34. The number of unbranched alkanes of at least 4 members (excludes halogenated alkanes) is 1. The van der Waals surface area contributed by atoms with Crippen molar-refractivity contribution in [2.24, 2.45) is 0 Å². The molecule has 2 aliphatic heterocycles. The van der Waals surface area contributed by atoms with Crippen LogP contribution >= 0.6 is 11.6 Å². The molecule has 1 saturated heterocycles. The van der Waals surface area contributed by atoms with E-state index in [1.54, 1.807) is 37.1 Å². The predicted octanol–water partition coefficient (Wildman–Crippen LogP) is 4.59. The standard InChI is InChI=1S/C31H47ClN4O7/c1-20(2)36(21-13-12-14-34(19-21)29(40)43-30(3,4)5)26(37)22-17-24-25(18-23(22)32)42-31(6,27(38)33(7)8)28(39)35(24)15-10-11-16-41-9/h17-18,20-21H,10-16,19H2,1-9H3/t21-,31?/m1/s1. The van der Waals surface area contributed by atoms with E-state index in [0.717, 1.165) is 0 Å². The number of amides is 4. The summed E-state index contributed by atoms with van der Waals surface area (Å²) in [5, 5.41) is 0.141. The molecule has 240 valence electrons. The number of carbonyl (C=O) groups excluding carboxylic acids is 4. The molecule has 1 aromatic carbocycles. The van der Waals surface area contributed by atoms with Crippen molar-refractivity contribution >= 4 is 41.1 Å². The van der Waals surface area contributed by atoms with Gasteiger partial charge in [0, 0.05) is 59.6 Å². The molecular formula is C31H47ClN4O7. The molecule has 0 saturated carbocycles. The minimum atomic E-state index is -1.79. The van der Waals surface area contributed by atoms with E-state index in [4.69, 9.17) is 25.8 Å². The number of fused-ring (bicyclic) bond motifs is 1. The zero-order valence-corrected chi connectivity index (χ0v) is 27.7. The van der Waals surface area contributed by atoms with Crippen molar-refractivity contribution in [2.75, 3.05) is 52.3 Å². The third kappa shape index (κ3) is 7.73. The zero-order chi connectivity index (χ0) is 32.3. The van der Waals surface area contributed by atoms with Crippen molar-refractivity contribution in [3.63, 3.8) is 0 Å². The van der Waals surface area contributed by atoms with Gasteiger partial charge in [0.05, 0.1) is 22.3 Å². The smallest absolute Gasteiger partial charge is 0.410 e. The molecule has 43 heavy (non-hydrogen) atoms. The topological polar surface area (TPSA) is 109 Å². The Morgan fingerprint density at radius 3 is 2.44 bits per heavy atom. The van der Waals surface area contributed by atoms with E-state index in [9.17, 15) is 19.2 Å². The van der Waals surface area contributed by atoms with Crippen molar-refractivity contribution < 1.29 is 33.4 Å². The van der Waals surface area contributed by atoms with Crippen molar-refractivity contribution in [3.05, 3.63) is 22.7 Å². The first-order chi connectivity index (χ1) is 20.0. The molecule has 2 atom stereocenters. The quantitative estimate of drug-likeness (QED) is 0.293. The number of ether oxygens (including phenoxy) is 3. The monoisotopic (exact) mass is 622 g/mol. The van der Waals surface area contributed by atoms with Crippen molar-refractivity contribution in [2.45, 2.75) is 90.5 Å². The Bertz CT molecular complexity index is 1220. The van der Waals surface area contributed by atoms with Crippen LogP contribution in [0.25, 0.3) is 0 Å². The summed E-state index contributed by atoms with van der Waals surface area (Å²) in [5.74, 6) is -1.09. The molecule has 4 amide bonds. The predicted molar refractivity (Wildman–Crippen MR) is 165 cm³/mol. The average Bonchev–Trinajstić information content (AvgIpc) is 2.91. The van der Waals surface area contributed by atoms with Gasteiger partial charge >= 0.3 is 6.09 Å². The molecule has 2 heterocycles. The average molecular weight is 623 g/mol. The van der Waals surface area contributed by atoms with Gasteiger partial charge in [-0.05, 0) is 73.3 Å². The fourth-order valence-corrected chi connectivity index (χ4v) is 5.80. The minimum absolute atomic E-state index is 0.141. The van der Waals surface area contributed by atoms with Crippen LogP contribution in [0.4, 0.5) is 10.5 Å². The number of benzene rings is 1. The van der Waals surface area contributed by atoms with E-state index < -0.39 is 29.1 Å². The van der Waals surface area contributed by atoms with Crippen molar-refractivity contribution in [1.82, 2.24) is 14.7 Å². The molecule has 0 radical (unpaired) electrons. The highest BCUT2D eigenvalue weighted by Crippen LogP contribution is 2.42. The van der Waals surface area contributed by atoms with Gasteiger partial charge in [-0.1, -0.05) is 11.6 Å². The van der Waals surface area contributed by atoms with Gasteiger partial charge in [-0.15, -0.1) is 0 Å². The summed E-state index contributed by atoms with van der Waals surface area (Å²) in [7, 11) is 4.74. The highest BCUT2D eigenvalue weighted by atomic mass is 35.5. The molecule has 2 aliphatic rings. The van der Waals surface area contributed by atoms with E-state index in [2.05, 4.69) is 0 Å². The largest absolute Gasteiger partial charge is 0.465 e. The van der Waals surface area contributed by atoms with Crippen LogP contribution in [-0.4, -0.2) is 109 Å². The normalized spacial score (nSPS) is 20.4. The maximum Gasteiger partial charge on any atom is 0.410 e. The van der Waals surface area contributed by atoms with E-state index in [-0.39, 0.29) is 34.3 Å². The molecule has 1 aromatic rings. The summed E-state index contributed by atoms with van der Waals surface area (Å²) >= 11 is 6.73. The number of hydrogen-bond acceptors (Lipinski definition) is 7. The molecule has 0 spiro atoms. The van der Waals surface area contributed by atoms with Crippen LogP contribution in [0, 0.1) is 0 Å². The summed E-state index contributed by atoms with van der Waals surface area (Å²) in [4.78, 5) is 60.2. The first-order valence-electron chi connectivity index (χ1n) is 14.9. The molecule has 1 fully saturated rings. The number of carbonyl (C=O) groups is 4. The second-order valence-electron chi connectivity index (χ2n) is 12.8. The van der Waals surface area contributed by atoms with E-state index in [1.807, 2.05) is 34.6 Å². The Balaban J connectivity index is 1.99. The summed E-state index contributed by atoms with van der Waals surface area (Å²) in [6.07, 6.45) is 2.33. The molecular weight excluding hydrogens is 576 g/mol. The number of hydrogen-bond donors (Lipinski definition) is 0. The van der Waals surface area contributed by atoms with Crippen molar-refractivity contribution in [1.29, 1.82) is 0 Å². The number of anilines is 1. The summed E-state index contributed by atoms with van der Waals surface area (Å²) < 4.78 is 16.8. The Kier molecular flexibility index (Phi) is 11.0. The number of nitrogens with zero attached hydrogens (tertiary/aromatic N) is 4. The number of rotatable bonds is 9. The van der Waals surface area contributed by atoms with Crippen LogP contribution in [0.1, 0.15) is 77.6 Å². The summed E-state index contributed by atoms with van der Waals surface area (Å²) in [5.41, 5.74) is -1.83. The van der Waals surface area contributed by atoms with Gasteiger partial charge in [-0.3, -0.25) is 14.4 Å². The number of likely N-dealkylation sites (tertiary alicyclic amines) is 1. The third-order valence-electron chi connectivity index (χ3n) is 7.56. The third-order valence-corrected chi connectivity index (χ3v) is 7.88. The maximum atomic E-state index is 14.2. The van der Waals surface area contributed by atoms with Crippen molar-refractivity contribution in [3.8, 4) is 5.75 Å². The molecule has 0 aromatic heterocycles. The summed E-state index contributed by atoms with van der Waals surface area (Å²) in [6.45, 7) is 12.5. The van der Waals surface area contributed by atoms with Crippen LogP contribution in [-0.2, 0) is 19.1 Å². The first kappa shape index (κ1) is 34.4. The van der Waals surface area contributed by atoms with E-state index in [0.29, 0.717) is 57.6 Å². The van der Waals surface area contributed by atoms with Gasteiger partial charge < -0.3 is 33.8 Å². The number of halogens is 1. The molecule has 12 heteroatoms. The lowest BCUT2D eigenvalue weighted by atomic mass is 9.97. The van der Waals surface area contributed by atoms with Crippen LogP contribution in [0.2, 0.25) is 5.02 Å². The lowest BCUT2D eigenvalue weighted by Gasteiger charge is -2.42. The van der Waals surface area contributed by atoms with Crippen LogP contribution in [0.15, 0.2) is 12.1 Å². The second-order valence-corrected chi connectivity index (χ2v) is 13.2. The number of likely N-dealkylation sites (N-methyl/N-ethyl adjacent to an activating group) is 1. The minimum Gasteiger partial charge on any atom is -0.465 e. The maximum absolute atomic E-state index is 14.2. The summed E-state index contributed by atoms with van der Waals surface area (Å²) in [6, 6.07) is 2.63. The van der Waals surface area contributed by atoms with Crippen LogP contribution in [0.5, 0.6) is 5.75 Å². The number of methoxy groups -OCH3 is 1. The van der Waals surface area contributed by atoms with E-state index in [1.165, 1.54) is 22.8 Å². The van der Waals surface area contributed by atoms with Gasteiger partial charge in [0.15, 0.2) is 0 Å². The lowest BCUT2D eigenvalue weighted by Crippen LogP contribution is -2.62. The zero-order valence-electron chi connectivity index (χ0n) is 27.0. The van der Waals surface area contributed by atoms with Gasteiger partial charge in [0.1, 0.15) is 11.4 Å². The Morgan fingerprint density at radius 1 is 1.19 bits per heavy atom. The van der Waals surface area contributed by atoms with Gasteiger partial charge in [0.25, 0.3) is 23.3 Å². The lowest BCUT2D eigenvalue weighted by molar-refractivity contribution is -0.154. The molecule has 0 aliphatic carbocycles. The first-order valence-corrected chi connectivity index (χ1v) is 15.3. The Hall–Kier alpha value is -3.05. The molecule has 3 rings (SSSR count). The molecule has 1 unspecified atom stereocenters. The Labute approximate surface area is 260 Å². The second kappa shape index (κ2) is 13.7. The SMILES string of the molecule is COCCCCN1C(=O)C(C)(C(=O)N(C)C)Oc2cc(Cl)c(C(=O)N(C(C)C)[C@@H]3CCCN(C(=O)OC(C)(C)C)C3)cc21.